The van der Waals surface area contributed by atoms with Gasteiger partial charge in [-0.2, -0.15) is 0 Å². The van der Waals surface area contributed by atoms with E-state index in [0.717, 1.165) is 18.9 Å². The Morgan fingerprint density at radius 2 is 1.72 bits per heavy atom. The molecule has 0 aliphatic heterocycles. The third-order valence-electron chi connectivity index (χ3n) is 3.70. The van der Waals surface area contributed by atoms with Crippen molar-refractivity contribution < 1.29 is 8.78 Å². The highest BCUT2D eigenvalue weighted by Crippen LogP contribution is 2.21. The molecule has 0 fully saturated rings. The zero-order chi connectivity index (χ0) is 13.7. The van der Waals surface area contributed by atoms with Crippen LogP contribution in [-0.4, -0.2) is 6.04 Å². The van der Waals surface area contributed by atoms with Crippen LogP contribution in [0.5, 0.6) is 0 Å². The Morgan fingerprint density at radius 1 is 1.11 bits per heavy atom. The third-order valence-corrected chi connectivity index (χ3v) is 3.70. The zero-order valence-corrected chi connectivity index (χ0v) is 11.6. The highest BCUT2D eigenvalue weighted by Gasteiger charge is 2.18. The van der Waals surface area contributed by atoms with Crippen LogP contribution in [0.2, 0.25) is 0 Å². The van der Waals surface area contributed by atoms with Crippen molar-refractivity contribution in [3.63, 3.8) is 0 Å². The molecule has 0 aromatic heterocycles. The molecule has 2 unspecified atom stereocenters. The molecule has 1 aromatic rings. The smallest absolute Gasteiger partial charge is 0.130 e. The van der Waals surface area contributed by atoms with E-state index >= 15 is 0 Å². The second-order valence-electron chi connectivity index (χ2n) is 4.92. The highest BCUT2D eigenvalue weighted by atomic mass is 19.1. The minimum atomic E-state index is -0.531. The normalized spacial score (nSPS) is 14.8. The summed E-state index contributed by atoms with van der Waals surface area (Å²) >= 11 is 0. The predicted molar refractivity (Wildman–Crippen MR) is 71.4 cm³/mol. The van der Waals surface area contributed by atoms with Gasteiger partial charge in [0.1, 0.15) is 11.6 Å². The summed E-state index contributed by atoms with van der Waals surface area (Å²) < 4.78 is 26.5. The number of halogens is 2. The fourth-order valence-corrected chi connectivity index (χ4v) is 2.47. The molecule has 0 spiro atoms. The number of hydrogen-bond donors (Lipinski definition) is 1. The number of benzene rings is 1. The molecule has 1 aromatic carbocycles. The lowest BCUT2D eigenvalue weighted by Crippen LogP contribution is -2.35. The van der Waals surface area contributed by atoms with Gasteiger partial charge in [-0.25, -0.2) is 8.78 Å². The molecule has 0 amide bonds. The van der Waals surface area contributed by atoms with Crippen LogP contribution in [0, 0.1) is 17.6 Å². The Morgan fingerprint density at radius 3 is 2.22 bits per heavy atom. The van der Waals surface area contributed by atoms with Crippen molar-refractivity contribution in [2.24, 2.45) is 5.92 Å². The molecule has 3 heteroatoms. The minimum absolute atomic E-state index is 0.110. The molecule has 1 rings (SSSR count). The van der Waals surface area contributed by atoms with Gasteiger partial charge in [-0.1, -0.05) is 32.8 Å². The highest BCUT2D eigenvalue weighted by molar-refractivity contribution is 5.21. The molecular weight excluding hydrogens is 232 g/mol. The lowest BCUT2D eigenvalue weighted by Gasteiger charge is -2.26. The van der Waals surface area contributed by atoms with Gasteiger partial charge >= 0.3 is 0 Å². The molecular formula is C15H23F2N. The Hall–Kier alpha value is -0.960. The van der Waals surface area contributed by atoms with Crippen LogP contribution in [0.1, 0.15) is 52.1 Å². The van der Waals surface area contributed by atoms with Gasteiger partial charge < -0.3 is 5.32 Å². The van der Waals surface area contributed by atoms with Crippen LogP contribution < -0.4 is 5.32 Å². The first kappa shape index (κ1) is 15.1. The average molecular weight is 255 g/mol. The standard InChI is InChI=1S/C15H23F2N/c1-5-12(6-2)10(3)18-11(4)14-8-7-13(16)9-15(14)17/h7-12,18H,5-6H2,1-4H3. The first-order valence-electron chi connectivity index (χ1n) is 6.70. The number of nitrogens with one attached hydrogen (secondary N) is 1. The van der Waals surface area contributed by atoms with Gasteiger partial charge in [0.2, 0.25) is 0 Å². The van der Waals surface area contributed by atoms with E-state index < -0.39 is 11.6 Å². The van der Waals surface area contributed by atoms with Gasteiger partial charge in [0.05, 0.1) is 0 Å². The van der Waals surface area contributed by atoms with Crippen molar-refractivity contribution in [2.45, 2.75) is 52.6 Å². The Balaban J connectivity index is 2.72. The molecule has 18 heavy (non-hydrogen) atoms. The van der Waals surface area contributed by atoms with Crippen LogP contribution >= 0.6 is 0 Å². The lowest BCUT2D eigenvalue weighted by molar-refractivity contribution is 0.327. The molecule has 0 aliphatic rings. The molecule has 1 nitrogen and oxygen atoms in total. The topological polar surface area (TPSA) is 12.0 Å². The van der Waals surface area contributed by atoms with E-state index in [9.17, 15) is 8.78 Å². The molecule has 2 atom stereocenters. The SMILES string of the molecule is CCC(CC)C(C)NC(C)c1ccc(F)cc1F. The quantitative estimate of drug-likeness (QED) is 0.792. The van der Waals surface area contributed by atoms with Crippen LogP contribution in [0.15, 0.2) is 18.2 Å². The van der Waals surface area contributed by atoms with Gasteiger partial charge in [0, 0.05) is 23.7 Å². The maximum absolute atomic E-state index is 13.6. The van der Waals surface area contributed by atoms with Crippen molar-refractivity contribution in [1.82, 2.24) is 5.32 Å². The van der Waals surface area contributed by atoms with Crippen molar-refractivity contribution in [2.75, 3.05) is 0 Å². The molecule has 0 saturated carbocycles. The van der Waals surface area contributed by atoms with Crippen molar-refractivity contribution in [3.8, 4) is 0 Å². The number of hydrogen-bond acceptors (Lipinski definition) is 1. The summed E-state index contributed by atoms with van der Waals surface area (Å²) in [5, 5.41) is 3.40. The Bertz CT molecular complexity index is 375. The van der Waals surface area contributed by atoms with E-state index in [1.54, 1.807) is 0 Å². The maximum atomic E-state index is 13.6. The molecule has 0 aliphatic carbocycles. The minimum Gasteiger partial charge on any atom is -0.307 e. The van der Waals surface area contributed by atoms with Crippen molar-refractivity contribution >= 4 is 0 Å². The van der Waals surface area contributed by atoms with E-state index in [1.807, 2.05) is 6.92 Å². The van der Waals surface area contributed by atoms with E-state index in [1.165, 1.54) is 12.1 Å². The van der Waals surface area contributed by atoms with Gasteiger partial charge in [0.25, 0.3) is 0 Å². The summed E-state index contributed by atoms with van der Waals surface area (Å²) in [6, 6.07) is 3.97. The molecule has 1 N–H and O–H groups in total. The van der Waals surface area contributed by atoms with E-state index in [2.05, 4.69) is 26.1 Å². The largest absolute Gasteiger partial charge is 0.307 e. The van der Waals surface area contributed by atoms with Gasteiger partial charge in [-0.05, 0) is 25.8 Å². The summed E-state index contributed by atoms with van der Waals surface area (Å²) in [7, 11) is 0. The Kier molecular flexibility index (Phi) is 5.73. The fourth-order valence-electron chi connectivity index (χ4n) is 2.47. The predicted octanol–water partition coefficient (Wildman–Crippen LogP) is 4.44. The molecule has 0 heterocycles. The summed E-state index contributed by atoms with van der Waals surface area (Å²) in [5.41, 5.74) is 0.522. The molecule has 102 valence electrons. The van der Waals surface area contributed by atoms with Crippen LogP contribution in [-0.2, 0) is 0 Å². The first-order valence-corrected chi connectivity index (χ1v) is 6.70. The van der Waals surface area contributed by atoms with Crippen LogP contribution in [0.3, 0.4) is 0 Å². The van der Waals surface area contributed by atoms with Gasteiger partial charge in [0.15, 0.2) is 0 Å². The Labute approximate surface area is 109 Å². The summed E-state index contributed by atoms with van der Waals surface area (Å²) in [5.74, 6) is -0.431. The van der Waals surface area contributed by atoms with Crippen molar-refractivity contribution in [3.05, 3.63) is 35.4 Å². The number of rotatable bonds is 6. The van der Waals surface area contributed by atoms with Crippen molar-refractivity contribution in [1.29, 1.82) is 0 Å². The molecule has 0 saturated heterocycles. The summed E-state index contributed by atoms with van der Waals surface area (Å²) in [6.07, 6.45) is 2.20. The fraction of sp³-hybridized carbons (Fsp3) is 0.600. The molecule has 0 bridgehead atoms. The summed E-state index contributed by atoms with van der Waals surface area (Å²) in [6.45, 7) is 8.36. The van der Waals surface area contributed by atoms with Gasteiger partial charge in [-0.15, -0.1) is 0 Å². The zero-order valence-electron chi connectivity index (χ0n) is 11.6. The maximum Gasteiger partial charge on any atom is 0.130 e. The second-order valence-corrected chi connectivity index (χ2v) is 4.92. The molecule has 0 radical (unpaired) electrons. The second kappa shape index (κ2) is 6.83. The van der Waals surface area contributed by atoms with Gasteiger partial charge in [-0.3, -0.25) is 0 Å². The monoisotopic (exact) mass is 255 g/mol. The van der Waals surface area contributed by atoms with E-state index in [4.69, 9.17) is 0 Å². The first-order chi connectivity index (χ1) is 8.49. The lowest BCUT2D eigenvalue weighted by atomic mass is 9.94. The average Bonchev–Trinajstić information content (AvgIpc) is 2.30. The van der Waals surface area contributed by atoms with E-state index in [-0.39, 0.29) is 6.04 Å². The van der Waals surface area contributed by atoms with E-state index in [0.29, 0.717) is 17.5 Å². The third kappa shape index (κ3) is 3.77. The van der Waals surface area contributed by atoms with Crippen LogP contribution in [0.25, 0.3) is 0 Å². The van der Waals surface area contributed by atoms with Crippen LogP contribution in [0.4, 0.5) is 8.78 Å². The summed E-state index contributed by atoms with van der Waals surface area (Å²) in [4.78, 5) is 0.